The quantitative estimate of drug-likeness (QED) is 0.649. The molecule has 0 saturated carbocycles. The van der Waals surface area contributed by atoms with Gasteiger partial charge in [0.1, 0.15) is 0 Å². The van der Waals surface area contributed by atoms with E-state index in [1.165, 1.54) is 32.1 Å². The summed E-state index contributed by atoms with van der Waals surface area (Å²) in [6.45, 7) is 3.28. The fraction of sp³-hybridized carbons (Fsp3) is 0.667. The zero-order chi connectivity index (χ0) is 10.6. The van der Waals surface area contributed by atoms with Gasteiger partial charge in [0, 0.05) is 19.6 Å². The normalized spacial score (nSPS) is 20.3. The van der Waals surface area contributed by atoms with Crippen LogP contribution in [0.3, 0.4) is 0 Å². The SMILES string of the molecule is C1=CNCC1.C1=NCCC1.C1=NCCC1. The molecule has 3 nitrogen and oxygen atoms in total. The van der Waals surface area contributed by atoms with Crippen LogP contribution in [0.4, 0.5) is 0 Å². The van der Waals surface area contributed by atoms with Crippen LogP contribution in [0.2, 0.25) is 0 Å². The Morgan fingerprint density at radius 2 is 1.53 bits per heavy atom. The van der Waals surface area contributed by atoms with E-state index in [4.69, 9.17) is 0 Å². The van der Waals surface area contributed by atoms with Crippen LogP contribution in [0.1, 0.15) is 32.1 Å². The molecule has 0 aliphatic carbocycles. The highest BCUT2D eigenvalue weighted by atomic mass is 14.8. The number of nitrogens with one attached hydrogen (secondary N) is 1. The summed E-state index contributed by atoms with van der Waals surface area (Å²) < 4.78 is 0. The van der Waals surface area contributed by atoms with Crippen molar-refractivity contribution in [2.24, 2.45) is 9.98 Å². The smallest absolute Gasteiger partial charge is 0.0388 e. The largest absolute Gasteiger partial charge is 0.391 e. The van der Waals surface area contributed by atoms with Crippen molar-refractivity contribution < 1.29 is 0 Å². The van der Waals surface area contributed by atoms with E-state index in [2.05, 4.69) is 21.4 Å². The molecule has 0 atom stereocenters. The number of aliphatic imine (C=N–C) groups is 2. The molecule has 1 N–H and O–H groups in total. The first-order valence-corrected chi connectivity index (χ1v) is 5.85. The Balaban J connectivity index is 0.000000112. The molecule has 3 rings (SSSR count). The summed E-state index contributed by atoms with van der Waals surface area (Å²) in [6, 6.07) is 0. The van der Waals surface area contributed by atoms with Gasteiger partial charge in [-0.1, -0.05) is 6.08 Å². The van der Waals surface area contributed by atoms with Gasteiger partial charge < -0.3 is 5.32 Å². The standard InChI is InChI=1S/3C4H7N/c3*1-2-4-5-3-1/h2*3H,1-2,4H2;1,3,5H,2,4H2. The third kappa shape index (κ3) is 7.91. The van der Waals surface area contributed by atoms with Gasteiger partial charge in [-0.25, -0.2) is 0 Å². The molecule has 0 fully saturated rings. The van der Waals surface area contributed by atoms with Crippen molar-refractivity contribution in [3.05, 3.63) is 12.3 Å². The minimum atomic E-state index is 1.07. The minimum Gasteiger partial charge on any atom is -0.391 e. The van der Waals surface area contributed by atoms with E-state index in [1.54, 1.807) is 0 Å². The zero-order valence-electron chi connectivity index (χ0n) is 9.36. The van der Waals surface area contributed by atoms with Crippen LogP contribution in [-0.2, 0) is 0 Å². The molecule has 0 spiro atoms. The molecular formula is C12H21N3. The van der Waals surface area contributed by atoms with E-state index in [0.29, 0.717) is 0 Å². The van der Waals surface area contributed by atoms with E-state index in [1.807, 2.05) is 18.6 Å². The molecule has 15 heavy (non-hydrogen) atoms. The molecule has 3 heterocycles. The lowest BCUT2D eigenvalue weighted by molar-refractivity contribution is 0.917. The first kappa shape index (κ1) is 12.0. The lowest BCUT2D eigenvalue weighted by Gasteiger charge is -1.78. The van der Waals surface area contributed by atoms with E-state index < -0.39 is 0 Å². The Hall–Kier alpha value is -1.12. The Labute approximate surface area is 92.4 Å². The molecule has 0 aromatic rings. The van der Waals surface area contributed by atoms with Gasteiger partial charge in [-0.05, 0) is 50.7 Å². The summed E-state index contributed by atoms with van der Waals surface area (Å²) in [5, 5.41) is 3.04. The first-order valence-electron chi connectivity index (χ1n) is 5.85. The maximum atomic E-state index is 3.96. The van der Waals surface area contributed by atoms with Crippen LogP contribution >= 0.6 is 0 Å². The number of nitrogens with zero attached hydrogens (tertiary/aromatic N) is 2. The Morgan fingerprint density at radius 3 is 1.67 bits per heavy atom. The summed E-state index contributed by atoms with van der Waals surface area (Å²) in [4.78, 5) is 7.92. The van der Waals surface area contributed by atoms with Gasteiger partial charge in [0.05, 0.1) is 0 Å². The van der Waals surface area contributed by atoms with Crippen molar-refractivity contribution in [1.29, 1.82) is 0 Å². The monoisotopic (exact) mass is 207 g/mol. The molecule has 0 radical (unpaired) electrons. The topological polar surface area (TPSA) is 36.8 Å². The van der Waals surface area contributed by atoms with Gasteiger partial charge in [0.15, 0.2) is 0 Å². The Bertz CT molecular complexity index is 163. The Morgan fingerprint density at radius 1 is 0.867 bits per heavy atom. The van der Waals surface area contributed by atoms with Gasteiger partial charge in [0.25, 0.3) is 0 Å². The second kappa shape index (κ2) is 9.44. The number of hydrogen-bond donors (Lipinski definition) is 1. The van der Waals surface area contributed by atoms with Crippen molar-refractivity contribution in [2.75, 3.05) is 19.6 Å². The van der Waals surface area contributed by atoms with Crippen LogP contribution in [-0.4, -0.2) is 32.1 Å². The summed E-state index contributed by atoms with van der Waals surface area (Å²) in [6.07, 6.45) is 14.3. The fourth-order valence-electron chi connectivity index (χ4n) is 1.33. The van der Waals surface area contributed by atoms with Gasteiger partial charge >= 0.3 is 0 Å². The fourth-order valence-corrected chi connectivity index (χ4v) is 1.33. The minimum absolute atomic E-state index is 1.07. The second-order valence-electron chi connectivity index (χ2n) is 3.61. The summed E-state index contributed by atoms with van der Waals surface area (Å²) in [5.74, 6) is 0. The van der Waals surface area contributed by atoms with Crippen molar-refractivity contribution in [3.63, 3.8) is 0 Å². The molecule has 0 aromatic carbocycles. The van der Waals surface area contributed by atoms with Crippen LogP contribution in [0.25, 0.3) is 0 Å². The lowest BCUT2D eigenvalue weighted by Crippen LogP contribution is -1.96. The van der Waals surface area contributed by atoms with Gasteiger partial charge in [-0.2, -0.15) is 0 Å². The molecule has 0 unspecified atom stereocenters. The average molecular weight is 207 g/mol. The van der Waals surface area contributed by atoms with Gasteiger partial charge in [-0.3, -0.25) is 9.98 Å². The molecule has 84 valence electrons. The highest BCUT2D eigenvalue weighted by molar-refractivity contribution is 5.59. The molecule has 3 aliphatic rings. The predicted molar refractivity (Wildman–Crippen MR) is 66.9 cm³/mol. The van der Waals surface area contributed by atoms with Crippen LogP contribution in [0.15, 0.2) is 22.3 Å². The van der Waals surface area contributed by atoms with E-state index >= 15 is 0 Å². The van der Waals surface area contributed by atoms with Crippen LogP contribution < -0.4 is 5.32 Å². The van der Waals surface area contributed by atoms with Crippen LogP contribution in [0.5, 0.6) is 0 Å². The number of rotatable bonds is 0. The average Bonchev–Trinajstić information content (AvgIpc) is 3.09. The number of hydrogen-bond acceptors (Lipinski definition) is 3. The molecule has 3 aliphatic heterocycles. The van der Waals surface area contributed by atoms with E-state index in [9.17, 15) is 0 Å². The van der Waals surface area contributed by atoms with Gasteiger partial charge in [0.2, 0.25) is 0 Å². The highest BCUT2D eigenvalue weighted by Gasteiger charge is 1.86. The summed E-state index contributed by atoms with van der Waals surface area (Å²) in [5.41, 5.74) is 0. The molecule has 3 heteroatoms. The van der Waals surface area contributed by atoms with Crippen molar-refractivity contribution in [1.82, 2.24) is 5.32 Å². The zero-order valence-corrected chi connectivity index (χ0v) is 9.36. The van der Waals surface area contributed by atoms with Gasteiger partial charge in [-0.15, -0.1) is 0 Å². The highest BCUT2D eigenvalue weighted by Crippen LogP contribution is 1.92. The van der Waals surface area contributed by atoms with Crippen LogP contribution in [0, 0.1) is 0 Å². The summed E-state index contributed by atoms with van der Waals surface area (Å²) >= 11 is 0. The second-order valence-corrected chi connectivity index (χ2v) is 3.61. The molecule has 0 amide bonds. The molecule has 0 aromatic heterocycles. The third-order valence-electron chi connectivity index (χ3n) is 2.19. The maximum Gasteiger partial charge on any atom is 0.0388 e. The maximum absolute atomic E-state index is 3.96. The van der Waals surface area contributed by atoms with Crippen molar-refractivity contribution in [3.8, 4) is 0 Å². The lowest BCUT2D eigenvalue weighted by atomic mass is 10.4. The van der Waals surface area contributed by atoms with E-state index in [-0.39, 0.29) is 0 Å². The Kier molecular flexibility index (Phi) is 7.52. The first-order chi connectivity index (χ1) is 7.50. The van der Waals surface area contributed by atoms with Crippen molar-refractivity contribution in [2.45, 2.75) is 32.1 Å². The molecular weight excluding hydrogens is 186 g/mol. The molecule has 0 saturated heterocycles. The predicted octanol–water partition coefficient (Wildman–Crippen LogP) is 2.20. The molecule has 0 bridgehead atoms. The van der Waals surface area contributed by atoms with E-state index in [0.717, 1.165) is 19.6 Å². The summed E-state index contributed by atoms with van der Waals surface area (Å²) in [7, 11) is 0. The third-order valence-corrected chi connectivity index (χ3v) is 2.19. The van der Waals surface area contributed by atoms with Crippen molar-refractivity contribution >= 4 is 12.4 Å².